The molecule has 0 unspecified atom stereocenters. The second kappa shape index (κ2) is 6.21. The Kier molecular flexibility index (Phi) is 4.09. The zero-order chi connectivity index (χ0) is 17.3. The lowest BCUT2D eigenvalue weighted by atomic mass is 10.1. The molecule has 2 N–H and O–H groups in total. The lowest BCUT2D eigenvalue weighted by molar-refractivity contribution is 0.0697. The molecule has 0 radical (unpaired) electrons. The van der Waals surface area contributed by atoms with Gasteiger partial charge in [0.05, 0.1) is 17.9 Å². The van der Waals surface area contributed by atoms with Crippen molar-refractivity contribution < 1.29 is 23.8 Å². The highest BCUT2D eigenvalue weighted by molar-refractivity contribution is 5.87. The molecule has 24 heavy (non-hydrogen) atoms. The summed E-state index contributed by atoms with van der Waals surface area (Å²) in [7, 11) is 0. The van der Waals surface area contributed by atoms with Crippen molar-refractivity contribution in [3.8, 4) is 16.9 Å². The molecule has 0 bridgehead atoms. The number of halogens is 2. The Labute approximate surface area is 135 Å². The molecule has 1 heterocycles. The van der Waals surface area contributed by atoms with E-state index in [0.717, 1.165) is 12.1 Å². The van der Waals surface area contributed by atoms with E-state index in [9.17, 15) is 18.7 Å². The first-order chi connectivity index (χ1) is 11.5. The van der Waals surface area contributed by atoms with Crippen molar-refractivity contribution in [1.82, 2.24) is 9.78 Å². The van der Waals surface area contributed by atoms with Crippen molar-refractivity contribution in [2.45, 2.75) is 6.61 Å². The van der Waals surface area contributed by atoms with E-state index in [1.165, 1.54) is 29.1 Å². The number of aliphatic hydroxyl groups excluding tert-OH is 1. The lowest BCUT2D eigenvalue weighted by Gasteiger charge is -2.03. The summed E-state index contributed by atoms with van der Waals surface area (Å²) in [4.78, 5) is 10.9. The molecule has 0 aliphatic rings. The van der Waals surface area contributed by atoms with Gasteiger partial charge in [0, 0.05) is 23.4 Å². The van der Waals surface area contributed by atoms with Gasteiger partial charge in [0.15, 0.2) is 0 Å². The molecule has 3 aromatic rings. The Balaban J connectivity index is 2.05. The Morgan fingerprint density at radius 1 is 1.12 bits per heavy atom. The van der Waals surface area contributed by atoms with Gasteiger partial charge in [-0.15, -0.1) is 0 Å². The van der Waals surface area contributed by atoms with Gasteiger partial charge in [-0.3, -0.25) is 0 Å². The molecule has 0 atom stereocenters. The van der Waals surface area contributed by atoms with Gasteiger partial charge in [-0.2, -0.15) is 5.10 Å². The van der Waals surface area contributed by atoms with Crippen molar-refractivity contribution in [3.63, 3.8) is 0 Å². The Morgan fingerprint density at radius 2 is 1.83 bits per heavy atom. The summed E-state index contributed by atoms with van der Waals surface area (Å²) >= 11 is 0. The van der Waals surface area contributed by atoms with Crippen LogP contribution in [0.25, 0.3) is 16.9 Å². The maximum atomic E-state index is 14.0. The third kappa shape index (κ3) is 2.89. The van der Waals surface area contributed by atoms with Crippen LogP contribution < -0.4 is 0 Å². The summed E-state index contributed by atoms with van der Waals surface area (Å²) in [5, 5.41) is 22.6. The highest BCUT2D eigenvalue weighted by atomic mass is 19.1. The molecular weight excluding hydrogens is 318 g/mol. The molecule has 0 fully saturated rings. The van der Waals surface area contributed by atoms with Crippen molar-refractivity contribution in [1.29, 1.82) is 0 Å². The van der Waals surface area contributed by atoms with E-state index in [4.69, 9.17) is 5.11 Å². The lowest BCUT2D eigenvalue weighted by Crippen LogP contribution is -1.99. The SMILES string of the molecule is O=C(O)c1ccc(-n2cc(CO)c(-c3ccc(F)cc3F)n2)cc1. The van der Waals surface area contributed by atoms with Crippen LogP contribution in [-0.4, -0.2) is 26.0 Å². The Morgan fingerprint density at radius 3 is 2.42 bits per heavy atom. The van der Waals surface area contributed by atoms with E-state index >= 15 is 0 Å². The minimum absolute atomic E-state index is 0.0707. The average molecular weight is 330 g/mol. The van der Waals surface area contributed by atoms with Gasteiger partial charge < -0.3 is 10.2 Å². The number of carbonyl (C=O) groups is 1. The van der Waals surface area contributed by atoms with Crippen LogP contribution >= 0.6 is 0 Å². The quantitative estimate of drug-likeness (QED) is 0.771. The minimum atomic E-state index is -1.05. The Hall–Kier alpha value is -3.06. The minimum Gasteiger partial charge on any atom is -0.478 e. The smallest absolute Gasteiger partial charge is 0.335 e. The van der Waals surface area contributed by atoms with E-state index < -0.39 is 17.6 Å². The van der Waals surface area contributed by atoms with Crippen LogP contribution in [0, 0.1) is 11.6 Å². The molecule has 122 valence electrons. The van der Waals surface area contributed by atoms with Crippen LogP contribution in [-0.2, 0) is 6.61 Å². The maximum Gasteiger partial charge on any atom is 0.335 e. The number of nitrogens with zero attached hydrogens (tertiary/aromatic N) is 2. The van der Waals surface area contributed by atoms with Gasteiger partial charge in [-0.1, -0.05) is 0 Å². The van der Waals surface area contributed by atoms with Crippen molar-refractivity contribution >= 4 is 5.97 Å². The highest BCUT2D eigenvalue weighted by Gasteiger charge is 2.16. The average Bonchev–Trinajstić information content (AvgIpc) is 2.99. The third-order valence-corrected chi connectivity index (χ3v) is 3.53. The molecule has 0 saturated carbocycles. The summed E-state index contributed by atoms with van der Waals surface area (Å²) in [5.41, 5.74) is 1.29. The number of rotatable bonds is 4. The van der Waals surface area contributed by atoms with E-state index in [-0.39, 0.29) is 23.4 Å². The topological polar surface area (TPSA) is 75.3 Å². The first-order valence-electron chi connectivity index (χ1n) is 6.98. The summed E-state index contributed by atoms with van der Waals surface area (Å²) < 4.78 is 28.4. The van der Waals surface area contributed by atoms with Gasteiger partial charge in [-0.05, 0) is 36.4 Å². The molecular formula is C17H12F2N2O3. The number of carboxylic acids is 1. The van der Waals surface area contributed by atoms with Crippen LogP contribution in [0.4, 0.5) is 8.78 Å². The number of aromatic nitrogens is 2. The first-order valence-corrected chi connectivity index (χ1v) is 6.98. The molecule has 5 nitrogen and oxygen atoms in total. The van der Waals surface area contributed by atoms with Crippen LogP contribution in [0.1, 0.15) is 15.9 Å². The normalized spacial score (nSPS) is 10.8. The van der Waals surface area contributed by atoms with Crippen LogP contribution in [0.2, 0.25) is 0 Å². The molecule has 7 heteroatoms. The van der Waals surface area contributed by atoms with Crippen molar-refractivity contribution in [3.05, 3.63) is 71.4 Å². The predicted molar refractivity (Wildman–Crippen MR) is 81.8 cm³/mol. The molecule has 3 rings (SSSR count). The van der Waals surface area contributed by atoms with Gasteiger partial charge in [0.25, 0.3) is 0 Å². The van der Waals surface area contributed by atoms with E-state index in [2.05, 4.69) is 5.10 Å². The van der Waals surface area contributed by atoms with E-state index in [1.54, 1.807) is 12.1 Å². The number of carboxylic acid groups (broad SMARTS) is 1. The first kappa shape index (κ1) is 15.8. The summed E-state index contributed by atoms with van der Waals surface area (Å²) in [6, 6.07) is 9.03. The summed E-state index contributed by atoms with van der Waals surface area (Å²) in [6.07, 6.45) is 1.51. The van der Waals surface area contributed by atoms with E-state index in [0.29, 0.717) is 11.3 Å². The maximum absolute atomic E-state index is 14.0. The molecule has 2 aromatic carbocycles. The van der Waals surface area contributed by atoms with Gasteiger partial charge in [-0.25, -0.2) is 18.3 Å². The third-order valence-electron chi connectivity index (χ3n) is 3.53. The number of hydrogen-bond acceptors (Lipinski definition) is 3. The zero-order valence-electron chi connectivity index (χ0n) is 12.3. The standard InChI is InChI=1S/C17H12F2N2O3/c18-12-3-6-14(15(19)7-12)16-11(9-22)8-21(20-16)13-4-1-10(2-5-13)17(23)24/h1-8,22H,9H2,(H,23,24). The molecule has 0 spiro atoms. The Bertz CT molecular complexity index is 905. The zero-order valence-corrected chi connectivity index (χ0v) is 12.3. The van der Waals surface area contributed by atoms with E-state index in [1.807, 2.05) is 0 Å². The second-order valence-electron chi connectivity index (χ2n) is 5.08. The van der Waals surface area contributed by atoms with Crippen molar-refractivity contribution in [2.24, 2.45) is 0 Å². The fourth-order valence-corrected chi connectivity index (χ4v) is 2.32. The predicted octanol–water partition coefficient (Wildman–Crippen LogP) is 3.01. The number of hydrogen-bond donors (Lipinski definition) is 2. The monoisotopic (exact) mass is 330 g/mol. The second-order valence-corrected chi connectivity index (χ2v) is 5.08. The largest absolute Gasteiger partial charge is 0.478 e. The molecule has 1 aromatic heterocycles. The molecule has 0 saturated heterocycles. The van der Waals surface area contributed by atoms with Gasteiger partial charge in [0.2, 0.25) is 0 Å². The van der Waals surface area contributed by atoms with Crippen molar-refractivity contribution in [2.75, 3.05) is 0 Å². The number of aromatic carboxylic acids is 1. The fraction of sp³-hybridized carbons (Fsp3) is 0.0588. The number of aliphatic hydroxyl groups is 1. The van der Waals surface area contributed by atoms with Crippen LogP contribution in [0.15, 0.2) is 48.7 Å². The summed E-state index contributed by atoms with van der Waals surface area (Å²) in [6.45, 7) is -0.376. The van der Waals surface area contributed by atoms with Crippen LogP contribution in [0.5, 0.6) is 0 Å². The summed E-state index contributed by atoms with van der Waals surface area (Å²) in [5.74, 6) is -2.53. The van der Waals surface area contributed by atoms with Gasteiger partial charge in [0.1, 0.15) is 17.3 Å². The number of benzene rings is 2. The molecule has 0 aliphatic carbocycles. The van der Waals surface area contributed by atoms with Crippen LogP contribution in [0.3, 0.4) is 0 Å². The van der Waals surface area contributed by atoms with Gasteiger partial charge >= 0.3 is 5.97 Å². The fourth-order valence-electron chi connectivity index (χ4n) is 2.32. The molecule has 0 amide bonds. The highest BCUT2D eigenvalue weighted by Crippen LogP contribution is 2.27. The molecule has 0 aliphatic heterocycles.